The number of carbonyl (C=O) groups excluding carboxylic acids is 2. The number of nitrogens with zero attached hydrogens (tertiary/aromatic N) is 1. The maximum atomic E-state index is 12.1. The van der Waals surface area contributed by atoms with Crippen molar-refractivity contribution in [2.75, 3.05) is 38.8 Å². The van der Waals surface area contributed by atoms with E-state index in [-0.39, 0.29) is 24.2 Å². The van der Waals surface area contributed by atoms with Gasteiger partial charge < -0.3 is 19.7 Å². The minimum atomic E-state index is -0.294. The molecule has 1 aliphatic heterocycles. The van der Waals surface area contributed by atoms with Gasteiger partial charge in [0, 0.05) is 38.9 Å². The molecule has 0 aliphatic carbocycles. The number of hydrogen-bond acceptors (Lipinski definition) is 4. The molecule has 0 bridgehead atoms. The second-order valence-corrected chi connectivity index (χ2v) is 5.24. The predicted molar refractivity (Wildman–Crippen MR) is 83.0 cm³/mol. The summed E-state index contributed by atoms with van der Waals surface area (Å²) in [5.41, 5.74) is 0.792. The van der Waals surface area contributed by atoms with Crippen LogP contribution in [0.5, 0.6) is 5.75 Å². The molecule has 1 aromatic rings. The van der Waals surface area contributed by atoms with Gasteiger partial charge in [0.15, 0.2) is 0 Å². The van der Waals surface area contributed by atoms with Crippen molar-refractivity contribution in [3.05, 3.63) is 24.3 Å². The van der Waals surface area contributed by atoms with Gasteiger partial charge >= 0.3 is 0 Å². The van der Waals surface area contributed by atoms with Crippen molar-refractivity contribution in [1.82, 2.24) is 5.32 Å². The number of nitrogens with one attached hydrogen (secondary N) is 1. The zero-order valence-electron chi connectivity index (χ0n) is 13.0. The van der Waals surface area contributed by atoms with E-state index >= 15 is 0 Å². The molecule has 22 heavy (non-hydrogen) atoms. The van der Waals surface area contributed by atoms with E-state index in [4.69, 9.17) is 9.47 Å². The van der Waals surface area contributed by atoms with Crippen LogP contribution < -0.4 is 15.0 Å². The summed E-state index contributed by atoms with van der Waals surface area (Å²) in [6, 6.07) is 7.27. The SMILES string of the molecule is COCCCNC(=O)[C@H]1CC(=O)N(c2ccc(OC)cc2)C1. The highest BCUT2D eigenvalue weighted by atomic mass is 16.5. The molecule has 0 radical (unpaired) electrons. The quantitative estimate of drug-likeness (QED) is 0.769. The molecule has 6 nitrogen and oxygen atoms in total. The predicted octanol–water partition coefficient (Wildman–Crippen LogP) is 1.20. The first-order chi connectivity index (χ1) is 10.7. The van der Waals surface area contributed by atoms with Gasteiger partial charge in [-0.1, -0.05) is 0 Å². The summed E-state index contributed by atoms with van der Waals surface area (Å²) >= 11 is 0. The fourth-order valence-corrected chi connectivity index (χ4v) is 2.47. The standard InChI is InChI=1S/C16H22N2O4/c1-21-9-3-8-17-16(20)12-10-15(19)18(11-12)13-4-6-14(22-2)7-5-13/h4-7,12H,3,8-11H2,1-2H3,(H,17,20)/t12-/m0/s1. The zero-order valence-corrected chi connectivity index (χ0v) is 13.0. The molecule has 1 fully saturated rings. The molecule has 0 saturated carbocycles. The Morgan fingerprint density at radius 2 is 2.05 bits per heavy atom. The second kappa shape index (κ2) is 7.79. The van der Waals surface area contributed by atoms with Crippen molar-refractivity contribution in [3.8, 4) is 5.75 Å². The maximum Gasteiger partial charge on any atom is 0.227 e. The lowest BCUT2D eigenvalue weighted by atomic mass is 10.1. The molecule has 2 amide bonds. The lowest BCUT2D eigenvalue weighted by Crippen LogP contribution is -2.33. The van der Waals surface area contributed by atoms with Crippen molar-refractivity contribution >= 4 is 17.5 Å². The van der Waals surface area contributed by atoms with Crippen LogP contribution in [0, 0.1) is 5.92 Å². The summed E-state index contributed by atoms with van der Waals surface area (Å²) in [4.78, 5) is 25.8. The lowest BCUT2D eigenvalue weighted by molar-refractivity contribution is -0.126. The summed E-state index contributed by atoms with van der Waals surface area (Å²) in [5.74, 6) is 0.350. The third-order valence-corrected chi connectivity index (χ3v) is 3.70. The van der Waals surface area contributed by atoms with Crippen LogP contribution in [0.3, 0.4) is 0 Å². The molecule has 120 valence electrons. The molecule has 1 aromatic carbocycles. The summed E-state index contributed by atoms with van der Waals surface area (Å²) in [5, 5.41) is 2.85. The Labute approximate surface area is 130 Å². The highest BCUT2D eigenvalue weighted by Gasteiger charge is 2.34. The molecule has 1 aliphatic rings. The van der Waals surface area contributed by atoms with Gasteiger partial charge in [-0.15, -0.1) is 0 Å². The van der Waals surface area contributed by atoms with Crippen LogP contribution in [-0.4, -0.2) is 45.7 Å². The molecular weight excluding hydrogens is 284 g/mol. The van der Waals surface area contributed by atoms with Gasteiger partial charge in [0.2, 0.25) is 11.8 Å². The molecule has 0 unspecified atom stereocenters. The third kappa shape index (κ3) is 3.98. The first kappa shape index (κ1) is 16.3. The number of benzene rings is 1. The molecule has 2 rings (SSSR count). The maximum absolute atomic E-state index is 12.1. The van der Waals surface area contributed by atoms with Crippen molar-refractivity contribution in [2.45, 2.75) is 12.8 Å². The summed E-state index contributed by atoms with van der Waals surface area (Å²) in [6.07, 6.45) is 1.02. The largest absolute Gasteiger partial charge is 0.497 e. The average Bonchev–Trinajstić information content (AvgIpc) is 2.93. The molecule has 6 heteroatoms. The van der Waals surface area contributed by atoms with Crippen molar-refractivity contribution in [2.24, 2.45) is 5.92 Å². The lowest BCUT2D eigenvalue weighted by Gasteiger charge is -2.17. The van der Waals surface area contributed by atoms with Gasteiger partial charge in [0.25, 0.3) is 0 Å². The van der Waals surface area contributed by atoms with E-state index in [2.05, 4.69) is 5.32 Å². The second-order valence-electron chi connectivity index (χ2n) is 5.24. The van der Waals surface area contributed by atoms with Crippen LogP contribution in [0.2, 0.25) is 0 Å². The summed E-state index contributed by atoms with van der Waals surface area (Å²) in [7, 11) is 3.23. The Morgan fingerprint density at radius 3 is 2.68 bits per heavy atom. The fraction of sp³-hybridized carbons (Fsp3) is 0.500. The molecule has 1 heterocycles. The Hall–Kier alpha value is -2.08. The molecular formula is C16H22N2O4. The highest BCUT2D eigenvalue weighted by molar-refractivity contribution is 6.00. The Morgan fingerprint density at radius 1 is 1.32 bits per heavy atom. The van der Waals surface area contributed by atoms with Crippen LogP contribution in [0.1, 0.15) is 12.8 Å². The molecule has 1 atom stereocenters. The number of ether oxygens (including phenoxy) is 2. The fourth-order valence-electron chi connectivity index (χ4n) is 2.47. The number of hydrogen-bond donors (Lipinski definition) is 1. The first-order valence-electron chi connectivity index (χ1n) is 7.36. The number of anilines is 1. The van der Waals surface area contributed by atoms with Crippen LogP contribution in [0.25, 0.3) is 0 Å². The highest BCUT2D eigenvalue weighted by Crippen LogP contribution is 2.26. The van der Waals surface area contributed by atoms with Crippen LogP contribution in [0.15, 0.2) is 24.3 Å². The van der Waals surface area contributed by atoms with Gasteiger partial charge in [-0.3, -0.25) is 9.59 Å². The van der Waals surface area contributed by atoms with E-state index in [0.29, 0.717) is 19.7 Å². The van der Waals surface area contributed by atoms with E-state index in [0.717, 1.165) is 17.9 Å². The number of rotatable bonds is 7. The average molecular weight is 306 g/mol. The van der Waals surface area contributed by atoms with Gasteiger partial charge in [-0.2, -0.15) is 0 Å². The summed E-state index contributed by atoms with van der Waals surface area (Å²) in [6.45, 7) is 1.60. The summed E-state index contributed by atoms with van der Waals surface area (Å²) < 4.78 is 10.0. The zero-order chi connectivity index (χ0) is 15.9. The van der Waals surface area contributed by atoms with Gasteiger partial charge in [-0.25, -0.2) is 0 Å². The minimum Gasteiger partial charge on any atom is -0.497 e. The Kier molecular flexibility index (Phi) is 5.77. The first-order valence-corrected chi connectivity index (χ1v) is 7.36. The van der Waals surface area contributed by atoms with Crippen LogP contribution in [-0.2, 0) is 14.3 Å². The van der Waals surface area contributed by atoms with Crippen molar-refractivity contribution in [3.63, 3.8) is 0 Å². The van der Waals surface area contributed by atoms with Crippen LogP contribution >= 0.6 is 0 Å². The third-order valence-electron chi connectivity index (χ3n) is 3.70. The van der Waals surface area contributed by atoms with Crippen LogP contribution in [0.4, 0.5) is 5.69 Å². The molecule has 0 spiro atoms. The molecule has 1 N–H and O–H groups in total. The van der Waals surface area contributed by atoms with Gasteiger partial charge in [-0.05, 0) is 30.7 Å². The van der Waals surface area contributed by atoms with E-state index in [1.807, 2.05) is 12.1 Å². The minimum absolute atomic E-state index is 0.0257. The van der Waals surface area contributed by atoms with Crippen molar-refractivity contribution in [1.29, 1.82) is 0 Å². The monoisotopic (exact) mass is 306 g/mol. The Bertz CT molecular complexity index is 515. The van der Waals surface area contributed by atoms with Gasteiger partial charge in [0.1, 0.15) is 5.75 Å². The number of carbonyl (C=O) groups is 2. The topological polar surface area (TPSA) is 67.9 Å². The number of methoxy groups -OCH3 is 2. The van der Waals surface area contributed by atoms with E-state index in [1.165, 1.54) is 0 Å². The van der Waals surface area contributed by atoms with E-state index in [9.17, 15) is 9.59 Å². The number of amides is 2. The van der Waals surface area contributed by atoms with Gasteiger partial charge in [0.05, 0.1) is 13.0 Å². The normalized spacial score (nSPS) is 17.6. The van der Waals surface area contributed by atoms with E-state index < -0.39 is 0 Å². The van der Waals surface area contributed by atoms with E-state index in [1.54, 1.807) is 31.3 Å². The smallest absolute Gasteiger partial charge is 0.227 e. The molecule has 0 aromatic heterocycles. The molecule has 1 saturated heterocycles. The van der Waals surface area contributed by atoms with Crippen molar-refractivity contribution < 1.29 is 19.1 Å². The Balaban J connectivity index is 1.90.